The van der Waals surface area contributed by atoms with Gasteiger partial charge in [-0.2, -0.15) is 0 Å². The lowest BCUT2D eigenvalue weighted by molar-refractivity contribution is -0.119. The molecule has 1 heterocycles. The zero-order valence-electron chi connectivity index (χ0n) is 13.8. The second-order valence-electron chi connectivity index (χ2n) is 6.68. The topological polar surface area (TPSA) is 49.4 Å². The highest BCUT2D eigenvalue weighted by molar-refractivity contribution is 9.10. The number of nitrogens with zero attached hydrogens (tertiary/aromatic N) is 1. The van der Waals surface area contributed by atoms with E-state index in [0.29, 0.717) is 5.56 Å². The van der Waals surface area contributed by atoms with E-state index in [1.54, 1.807) is 12.1 Å². The van der Waals surface area contributed by atoms with Gasteiger partial charge in [0.2, 0.25) is 5.91 Å². The van der Waals surface area contributed by atoms with Crippen LogP contribution in [0.1, 0.15) is 35.2 Å². The first-order valence-electron chi connectivity index (χ1n) is 8.63. The molecule has 0 radical (unpaired) electrons. The van der Waals surface area contributed by atoms with Crippen LogP contribution >= 0.6 is 15.9 Å². The molecule has 2 aromatic rings. The normalized spacial score (nSPS) is 16.3. The predicted octanol–water partition coefficient (Wildman–Crippen LogP) is 4.39. The minimum atomic E-state index is -0.155. The predicted molar refractivity (Wildman–Crippen MR) is 102 cm³/mol. The van der Waals surface area contributed by atoms with Gasteiger partial charge < -0.3 is 10.2 Å². The van der Waals surface area contributed by atoms with E-state index in [1.165, 1.54) is 5.56 Å². The second kappa shape index (κ2) is 6.64. The van der Waals surface area contributed by atoms with Crippen molar-refractivity contribution in [2.75, 3.05) is 16.8 Å². The Morgan fingerprint density at radius 3 is 2.72 bits per heavy atom. The monoisotopic (exact) mass is 398 g/mol. The van der Waals surface area contributed by atoms with Crippen LogP contribution in [0.2, 0.25) is 0 Å². The summed E-state index contributed by atoms with van der Waals surface area (Å²) in [7, 11) is 0. The first-order chi connectivity index (χ1) is 12.1. The Morgan fingerprint density at radius 2 is 1.96 bits per heavy atom. The minimum Gasteiger partial charge on any atom is -0.322 e. The molecule has 1 aliphatic heterocycles. The molecule has 0 bridgehead atoms. The fraction of sp³-hybridized carbons (Fsp3) is 0.300. The molecule has 0 unspecified atom stereocenters. The Labute approximate surface area is 155 Å². The molecular weight excluding hydrogens is 380 g/mol. The molecule has 25 heavy (non-hydrogen) atoms. The molecule has 0 saturated heterocycles. The fourth-order valence-corrected chi connectivity index (χ4v) is 3.66. The lowest BCUT2D eigenvalue weighted by Crippen LogP contribution is -2.36. The van der Waals surface area contributed by atoms with E-state index in [1.807, 2.05) is 35.2 Å². The average Bonchev–Trinajstić information content (AvgIpc) is 3.45. The van der Waals surface area contributed by atoms with Crippen molar-refractivity contribution in [3.8, 4) is 0 Å². The average molecular weight is 399 g/mol. The summed E-state index contributed by atoms with van der Waals surface area (Å²) in [6, 6.07) is 13.2. The number of nitrogens with one attached hydrogen (secondary N) is 1. The number of rotatable bonds is 3. The van der Waals surface area contributed by atoms with E-state index in [2.05, 4.69) is 21.2 Å². The summed E-state index contributed by atoms with van der Waals surface area (Å²) in [5, 5.41) is 2.94. The minimum absolute atomic E-state index is 0.155. The third-order valence-electron chi connectivity index (χ3n) is 4.74. The van der Waals surface area contributed by atoms with Gasteiger partial charge in [-0.3, -0.25) is 9.59 Å². The number of hydrogen-bond donors (Lipinski definition) is 1. The summed E-state index contributed by atoms with van der Waals surface area (Å²) >= 11 is 3.38. The molecule has 4 nitrogen and oxygen atoms in total. The third-order valence-corrected chi connectivity index (χ3v) is 5.23. The van der Waals surface area contributed by atoms with Gasteiger partial charge in [0.25, 0.3) is 5.91 Å². The van der Waals surface area contributed by atoms with E-state index in [4.69, 9.17) is 0 Å². The van der Waals surface area contributed by atoms with Gasteiger partial charge in [-0.1, -0.05) is 28.1 Å². The number of hydrogen-bond acceptors (Lipinski definition) is 2. The Hall–Kier alpha value is -2.14. The molecule has 0 aromatic heterocycles. The Morgan fingerprint density at radius 1 is 1.12 bits per heavy atom. The number of amides is 2. The second-order valence-corrected chi connectivity index (χ2v) is 7.59. The van der Waals surface area contributed by atoms with Crippen molar-refractivity contribution in [3.63, 3.8) is 0 Å². The van der Waals surface area contributed by atoms with Crippen LogP contribution in [-0.2, 0) is 11.2 Å². The number of halogens is 1. The van der Waals surface area contributed by atoms with Crippen molar-refractivity contribution >= 4 is 39.1 Å². The fourth-order valence-electron chi connectivity index (χ4n) is 3.26. The molecule has 4 rings (SSSR count). The van der Waals surface area contributed by atoms with E-state index in [-0.39, 0.29) is 17.7 Å². The van der Waals surface area contributed by atoms with Crippen LogP contribution in [0.3, 0.4) is 0 Å². The third kappa shape index (κ3) is 3.47. The van der Waals surface area contributed by atoms with E-state index >= 15 is 0 Å². The quantitative estimate of drug-likeness (QED) is 0.832. The molecule has 5 heteroatoms. The van der Waals surface area contributed by atoms with Crippen LogP contribution in [0.25, 0.3) is 0 Å². The van der Waals surface area contributed by atoms with Crippen molar-refractivity contribution < 1.29 is 9.59 Å². The highest BCUT2D eigenvalue weighted by atomic mass is 79.9. The van der Waals surface area contributed by atoms with Gasteiger partial charge in [-0.25, -0.2) is 0 Å². The summed E-state index contributed by atoms with van der Waals surface area (Å²) < 4.78 is 0.867. The maximum Gasteiger partial charge on any atom is 0.255 e. The smallest absolute Gasteiger partial charge is 0.255 e. The van der Waals surface area contributed by atoms with Gasteiger partial charge in [-0.15, -0.1) is 0 Å². The number of fused-ring (bicyclic) bond motifs is 1. The molecule has 2 aromatic carbocycles. The maximum atomic E-state index is 12.5. The van der Waals surface area contributed by atoms with Crippen LogP contribution in [0, 0.1) is 5.92 Å². The number of aryl methyl sites for hydroxylation is 1. The number of anilines is 2. The molecule has 1 N–H and O–H groups in total. The van der Waals surface area contributed by atoms with Crippen LogP contribution in [-0.4, -0.2) is 18.4 Å². The van der Waals surface area contributed by atoms with E-state index in [0.717, 1.165) is 48.1 Å². The Bertz CT molecular complexity index is 845. The van der Waals surface area contributed by atoms with Gasteiger partial charge in [0, 0.05) is 33.9 Å². The first-order valence-corrected chi connectivity index (χ1v) is 9.42. The Kier molecular flexibility index (Phi) is 4.34. The summed E-state index contributed by atoms with van der Waals surface area (Å²) in [6.07, 6.45) is 3.98. The molecule has 2 amide bonds. The van der Waals surface area contributed by atoms with E-state index < -0.39 is 0 Å². The zero-order chi connectivity index (χ0) is 17.4. The van der Waals surface area contributed by atoms with Gasteiger partial charge in [0.15, 0.2) is 0 Å². The summed E-state index contributed by atoms with van der Waals surface area (Å²) in [5.74, 6) is 0.277. The molecule has 0 atom stereocenters. The van der Waals surface area contributed by atoms with Crippen molar-refractivity contribution in [1.29, 1.82) is 0 Å². The van der Waals surface area contributed by atoms with Gasteiger partial charge in [-0.05, 0) is 61.6 Å². The highest BCUT2D eigenvalue weighted by Crippen LogP contribution is 2.37. The number of benzene rings is 2. The lowest BCUT2D eigenvalue weighted by Gasteiger charge is -2.30. The maximum absolute atomic E-state index is 12.5. The number of carbonyl (C=O) groups is 2. The highest BCUT2D eigenvalue weighted by Gasteiger charge is 2.35. The molecule has 1 fully saturated rings. The zero-order valence-corrected chi connectivity index (χ0v) is 15.4. The van der Waals surface area contributed by atoms with Gasteiger partial charge in [0.05, 0.1) is 0 Å². The molecule has 2 aliphatic rings. The van der Waals surface area contributed by atoms with Crippen molar-refractivity contribution in [1.82, 2.24) is 0 Å². The summed E-state index contributed by atoms with van der Waals surface area (Å²) in [4.78, 5) is 26.9. The Balaban J connectivity index is 1.58. The SMILES string of the molecule is O=C(Nc1ccc2c(c1)N(C(=O)C1CC1)CCC2)c1cccc(Br)c1. The van der Waals surface area contributed by atoms with Crippen LogP contribution in [0.4, 0.5) is 11.4 Å². The molecule has 128 valence electrons. The standard InChI is InChI=1S/C20H19BrN2O2/c21-16-5-1-3-15(11-16)19(24)22-17-9-8-13-4-2-10-23(18(13)12-17)20(25)14-6-7-14/h1,3,5,8-9,11-12,14H,2,4,6-7,10H2,(H,22,24). The van der Waals surface area contributed by atoms with Crippen LogP contribution < -0.4 is 10.2 Å². The van der Waals surface area contributed by atoms with Crippen LogP contribution in [0.5, 0.6) is 0 Å². The molecule has 1 aliphatic carbocycles. The van der Waals surface area contributed by atoms with Gasteiger partial charge in [0.1, 0.15) is 0 Å². The summed E-state index contributed by atoms with van der Waals surface area (Å²) in [6.45, 7) is 0.769. The first kappa shape index (κ1) is 16.3. The van der Waals surface area contributed by atoms with E-state index in [9.17, 15) is 9.59 Å². The van der Waals surface area contributed by atoms with Crippen LogP contribution in [0.15, 0.2) is 46.9 Å². The summed E-state index contributed by atoms with van der Waals surface area (Å²) in [5.41, 5.74) is 3.45. The largest absolute Gasteiger partial charge is 0.322 e. The molecular formula is C20H19BrN2O2. The number of carbonyl (C=O) groups excluding carboxylic acids is 2. The van der Waals surface area contributed by atoms with Gasteiger partial charge >= 0.3 is 0 Å². The molecule has 0 spiro atoms. The van der Waals surface area contributed by atoms with Crippen molar-refractivity contribution in [3.05, 3.63) is 58.1 Å². The van der Waals surface area contributed by atoms with Crippen molar-refractivity contribution in [2.24, 2.45) is 5.92 Å². The van der Waals surface area contributed by atoms with Crippen molar-refractivity contribution in [2.45, 2.75) is 25.7 Å². The lowest BCUT2D eigenvalue weighted by atomic mass is 10.0. The molecule has 1 saturated carbocycles.